The smallest absolute Gasteiger partial charge is 0.268 e. The van der Waals surface area contributed by atoms with E-state index in [0.29, 0.717) is 46.1 Å². The third-order valence-corrected chi connectivity index (χ3v) is 4.85. The Morgan fingerprint density at radius 3 is 2.12 bits per heavy atom. The van der Waals surface area contributed by atoms with Crippen molar-refractivity contribution < 1.29 is 19.1 Å². The maximum Gasteiger partial charge on any atom is 0.268 e. The molecule has 0 aliphatic heterocycles. The fourth-order valence-corrected chi connectivity index (χ4v) is 3.23. The van der Waals surface area contributed by atoms with E-state index in [9.17, 15) is 14.9 Å². The van der Waals surface area contributed by atoms with Crippen molar-refractivity contribution in [1.29, 1.82) is 5.26 Å². The van der Waals surface area contributed by atoms with E-state index in [1.807, 2.05) is 6.07 Å². The number of carbonyl (C=O) groups excluding carboxylic acids is 2. The van der Waals surface area contributed by atoms with Crippen LogP contribution in [-0.4, -0.2) is 35.2 Å². The number of nitriles is 1. The van der Waals surface area contributed by atoms with Crippen LogP contribution < -0.4 is 20.1 Å². The lowest BCUT2D eigenvalue weighted by Crippen LogP contribution is -2.13. The Morgan fingerprint density at radius 1 is 1.00 bits per heavy atom. The van der Waals surface area contributed by atoms with Gasteiger partial charge in [-0.25, -0.2) is 0 Å². The second-order valence-electron chi connectivity index (χ2n) is 6.72. The number of aryl methyl sites for hydroxylation is 1. The van der Waals surface area contributed by atoms with Gasteiger partial charge in [-0.05, 0) is 55.0 Å². The summed E-state index contributed by atoms with van der Waals surface area (Å²) in [5, 5.41) is 23.3. The summed E-state index contributed by atoms with van der Waals surface area (Å²) in [6, 6.07) is 15.9. The Hall–Kier alpha value is -4.23. The van der Waals surface area contributed by atoms with Crippen LogP contribution in [0.15, 0.2) is 54.1 Å². The van der Waals surface area contributed by atoms with Crippen molar-refractivity contribution in [3.05, 3.63) is 64.7 Å². The van der Waals surface area contributed by atoms with Gasteiger partial charge in [0.15, 0.2) is 0 Å². The predicted molar refractivity (Wildman–Crippen MR) is 125 cm³/mol. The van der Waals surface area contributed by atoms with Crippen LogP contribution in [0.3, 0.4) is 0 Å². The van der Waals surface area contributed by atoms with Gasteiger partial charge in [-0.2, -0.15) is 5.26 Å². The van der Waals surface area contributed by atoms with Crippen molar-refractivity contribution in [1.82, 2.24) is 10.2 Å². The fraction of sp³-hybridized carbons (Fsp3) is 0.174. The maximum absolute atomic E-state index is 12.3. The van der Waals surface area contributed by atoms with Crippen LogP contribution >= 0.6 is 11.3 Å². The highest BCUT2D eigenvalue weighted by molar-refractivity contribution is 7.15. The van der Waals surface area contributed by atoms with E-state index in [1.54, 1.807) is 55.5 Å². The minimum absolute atomic E-state index is 0.0468. The van der Waals surface area contributed by atoms with Gasteiger partial charge in [-0.3, -0.25) is 14.9 Å². The third-order valence-electron chi connectivity index (χ3n) is 4.10. The molecule has 0 atom stereocenters. The maximum atomic E-state index is 12.3. The lowest BCUT2D eigenvalue weighted by molar-refractivity contribution is -0.114. The number of nitrogens with zero attached hydrogens (tertiary/aromatic N) is 3. The van der Waals surface area contributed by atoms with E-state index in [4.69, 9.17) is 9.47 Å². The van der Waals surface area contributed by atoms with Crippen LogP contribution in [0.1, 0.15) is 17.5 Å². The minimum Gasteiger partial charge on any atom is -0.490 e. The number of rotatable bonds is 9. The van der Waals surface area contributed by atoms with Crippen LogP contribution in [0.25, 0.3) is 6.08 Å². The summed E-state index contributed by atoms with van der Waals surface area (Å²) in [5.74, 6) is 0.619. The Balaban J connectivity index is 1.47. The second kappa shape index (κ2) is 11.4. The normalized spacial score (nSPS) is 10.8. The standard InChI is InChI=1S/C23H21N5O4S/c1-15(29)25-19-5-9-21(10-6-19)32-12-11-31-20-7-3-17(4-8-20)13-18(14-24)22(30)26-23-28-27-16(2)33-23/h3-10,13H,11-12H2,1-2H3,(H,25,29)(H,26,28,30)/b18-13-. The summed E-state index contributed by atoms with van der Waals surface area (Å²) in [6.45, 7) is 3.89. The summed E-state index contributed by atoms with van der Waals surface area (Å²) in [7, 11) is 0. The largest absolute Gasteiger partial charge is 0.490 e. The molecular formula is C23H21N5O4S. The lowest BCUT2D eigenvalue weighted by atomic mass is 10.1. The van der Waals surface area contributed by atoms with Crippen molar-refractivity contribution in [2.24, 2.45) is 0 Å². The molecule has 0 saturated heterocycles. The van der Waals surface area contributed by atoms with Gasteiger partial charge in [-0.1, -0.05) is 23.5 Å². The van der Waals surface area contributed by atoms with Crippen LogP contribution in [0, 0.1) is 18.3 Å². The number of nitrogens with one attached hydrogen (secondary N) is 2. The molecule has 0 spiro atoms. The van der Waals surface area contributed by atoms with Gasteiger partial charge < -0.3 is 14.8 Å². The molecule has 3 rings (SSSR count). The molecule has 0 saturated carbocycles. The summed E-state index contributed by atoms with van der Waals surface area (Å²) in [4.78, 5) is 23.3. The summed E-state index contributed by atoms with van der Waals surface area (Å²) < 4.78 is 11.3. The predicted octanol–water partition coefficient (Wildman–Crippen LogP) is 3.81. The van der Waals surface area contributed by atoms with Crippen LogP contribution in [0.4, 0.5) is 10.8 Å². The molecule has 9 nitrogen and oxygen atoms in total. The fourth-order valence-electron chi connectivity index (χ4n) is 2.64. The van der Waals surface area contributed by atoms with Crippen molar-refractivity contribution in [2.75, 3.05) is 23.8 Å². The highest BCUT2D eigenvalue weighted by Gasteiger charge is 2.12. The van der Waals surface area contributed by atoms with Gasteiger partial charge in [0.05, 0.1) is 0 Å². The molecule has 33 heavy (non-hydrogen) atoms. The highest BCUT2D eigenvalue weighted by atomic mass is 32.1. The zero-order valence-electron chi connectivity index (χ0n) is 18.0. The van der Waals surface area contributed by atoms with E-state index in [0.717, 1.165) is 0 Å². The molecule has 0 aliphatic rings. The van der Waals surface area contributed by atoms with E-state index < -0.39 is 5.91 Å². The number of ether oxygens (including phenoxy) is 2. The quantitative estimate of drug-likeness (QED) is 0.281. The first-order valence-corrected chi connectivity index (χ1v) is 10.7. The summed E-state index contributed by atoms with van der Waals surface area (Å²) in [6.07, 6.45) is 1.49. The Bertz CT molecular complexity index is 1180. The molecule has 2 N–H and O–H groups in total. The molecule has 2 amide bonds. The van der Waals surface area contributed by atoms with Crippen molar-refractivity contribution in [3.63, 3.8) is 0 Å². The number of aromatic nitrogens is 2. The Kier molecular flexibility index (Phi) is 8.10. The number of benzene rings is 2. The SMILES string of the molecule is CC(=O)Nc1ccc(OCCOc2ccc(/C=C(/C#N)C(=O)Nc3nnc(C)s3)cc2)cc1. The molecule has 0 unspecified atom stereocenters. The minimum atomic E-state index is -0.545. The molecule has 1 heterocycles. The molecule has 2 aromatic carbocycles. The van der Waals surface area contributed by atoms with Gasteiger partial charge in [-0.15, -0.1) is 10.2 Å². The number of carbonyl (C=O) groups is 2. The Morgan fingerprint density at radius 2 is 1.61 bits per heavy atom. The van der Waals surface area contributed by atoms with E-state index in [2.05, 4.69) is 20.8 Å². The first-order chi connectivity index (χ1) is 15.9. The number of hydrogen-bond acceptors (Lipinski definition) is 8. The van der Waals surface area contributed by atoms with E-state index >= 15 is 0 Å². The molecule has 10 heteroatoms. The number of amides is 2. The molecule has 168 valence electrons. The number of anilines is 2. The lowest BCUT2D eigenvalue weighted by Gasteiger charge is -2.09. The van der Waals surface area contributed by atoms with Gasteiger partial charge in [0, 0.05) is 12.6 Å². The topological polar surface area (TPSA) is 126 Å². The molecule has 1 aromatic heterocycles. The van der Waals surface area contributed by atoms with Crippen LogP contribution in [0.2, 0.25) is 0 Å². The number of hydrogen-bond donors (Lipinski definition) is 2. The molecule has 0 fully saturated rings. The average molecular weight is 464 g/mol. The molecule has 0 bridgehead atoms. The van der Waals surface area contributed by atoms with Crippen molar-refractivity contribution >= 4 is 40.0 Å². The monoisotopic (exact) mass is 463 g/mol. The van der Waals surface area contributed by atoms with Gasteiger partial charge in [0.2, 0.25) is 11.0 Å². The summed E-state index contributed by atoms with van der Waals surface area (Å²) >= 11 is 1.23. The van der Waals surface area contributed by atoms with Crippen molar-refractivity contribution in [3.8, 4) is 17.6 Å². The highest BCUT2D eigenvalue weighted by Crippen LogP contribution is 2.18. The zero-order valence-corrected chi connectivity index (χ0v) is 18.8. The van der Waals surface area contributed by atoms with E-state index in [1.165, 1.54) is 24.3 Å². The van der Waals surface area contributed by atoms with Crippen molar-refractivity contribution in [2.45, 2.75) is 13.8 Å². The van der Waals surface area contributed by atoms with E-state index in [-0.39, 0.29) is 11.5 Å². The first kappa shape index (κ1) is 23.4. The third kappa shape index (κ3) is 7.45. The average Bonchev–Trinajstić information content (AvgIpc) is 3.21. The van der Waals surface area contributed by atoms with Gasteiger partial charge in [0.25, 0.3) is 5.91 Å². The molecule has 0 aliphatic carbocycles. The molecule has 0 radical (unpaired) electrons. The second-order valence-corrected chi connectivity index (χ2v) is 7.90. The van der Waals surface area contributed by atoms with Gasteiger partial charge in [0.1, 0.15) is 41.4 Å². The van der Waals surface area contributed by atoms with Crippen LogP contribution in [0.5, 0.6) is 11.5 Å². The Labute approximate surface area is 194 Å². The molecular weight excluding hydrogens is 442 g/mol. The summed E-state index contributed by atoms with van der Waals surface area (Å²) in [5.41, 5.74) is 1.33. The van der Waals surface area contributed by atoms with Gasteiger partial charge >= 0.3 is 0 Å². The first-order valence-electron chi connectivity index (χ1n) is 9.89. The molecule has 3 aromatic rings. The van der Waals surface area contributed by atoms with Crippen LogP contribution in [-0.2, 0) is 9.59 Å². The zero-order chi connectivity index (χ0) is 23.6.